The lowest BCUT2D eigenvalue weighted by atomic mass is 10.1. The average Bonchev–Trinajstić information content (AvgIpc) is 3.43. The highest BCUT2D eigenvalue weighted by Gasteiger charge is 2.45. The Morgan fingerprint density at radius 3 is 2.21 bits per heavy atom. The van der Waals surface area contributed by atoms with Crippen molar-refractivity contribution in [3.63, 3.8) is 0 Å². The molecule has 3 fully saturated rings. The maximum absolute atomic E-state index is 12.7. The highest BCUT2D eigenvalue weighted by atomic mass is 16.6. The van der Waals surface area contributed by atoms with Gasteiger partial charge in [-0.3, -0.25) is 20.2 Å². The van der Waals surface area contributed by atoms with Crippen LogP contribution < -0.4 is 19.9 Å². The van der Waals surface area contributed by atoms with E-state index in [-0.39, 0.29) is 18.5 Å². The van der Waals surface area contributed by atoms with Crippen molar-refractivity contribution in [2.45, 2.75) is 44.2 Å². The van der Waals surface area contributed by atoms with Gasteiger partial charge in [-0.15, -0.1) is 0 Å². The number of benzene rings is 1. The lowest BCUT2D eigenvalue weighted by Crippen LogP contribution is -2.45. The number of ether oxygens (including phenoxy) is 1. The van der Waals surface area contributed by atoms with Crippen molar-refractivity contribution in [1.29, 1.82) is 0 Å². The Labute approximate surface area is 195 Å². The molecule has 3 atom stereocenters. The van der Waals surface area contributed by atoms with E-state index in [9.17, 15) is 35.2 Å². The van der Waals surface area contributed by atoms with Gasteiger partial charge in [-0.1, -0.05) is 0 Å². The molecule has 1 unspecified atom stereocenters. The van der Waals surface area contributed by atoms with E-state index in [0.29, 0.717) is 39.1 Å². The first-order chi connectivity index (χ1) is 16.2. The van der Waals surface area contributed by atoms with Gasteiger partial charge in [0.2, 0.25) is 11.4 Å². The molecule has 3 N–H and O–H groups in total. The van der Waals surface area contributed by atoms with Gasteiger partial charge in [0.25, 0.3) is 0 Å². The van der Waals surface area contributed by atoms with Crippen LogP contribution in [0.2, 0.25) is 0 Å². The van der Waals surface area contributed by atoms with Gasteiger partial charge < -0.3 is 35.0 Å². The Morgan fingerprint density at radius 1 is 1.06 bits per heavy atom. The second-order valence-corrected chi connectivity index (χ2v) is 8.76. The van der Waals surface area contributed by atoms with E-state index in [1.54, 1.807) is 4.90 Å². The minimum atomic E-state index is -1.38. The summed E-state index contributed by atoms with van der Waals surface area (Å²) >= 11 is 0. The molecule has 14 nitrogen and oxygen atoms in total. The lowest BCUT2D eigenvalue weighted by molar-refractivity contribution is -0.393. The zero-order valence-corrected chi connectivity index (χ0v) is 18.8. The van der Waals surface area contributed by atoms with Gasteiger partial charge >= 0.3 is 17.3 Å². The molecule has 3 heterocycles. The third kappa shape index (κ3) is 4.49. The summed E-state index contributed by atoms with van der Waals surface area (Å²) in [6.45, 7) is 2.60. The molecule has 0 spiro atoms. The molecule has 0 aliphatic carbocycles. The molecule has 1 aromatic carbocycles. The van der Waals surface area contributed by atoms with Crippen LogP contribution in [-0.4, -0.2) is 89.2 Å². The number of rotatable bonds is 6. The zero-order chi connectivity index (χ0) is 24.6. The smallest absolute Gasteiger partial charge is 0.342 e. The summed E-state index contributed by atoms with van der Waals surface area (Å²) < 4.78 is 5.46. The molecule has 14 heteroatoms. The Bertz CT molecular complexity index is 966. The normalized spacial score (nSPS) is 25.6. The first kappa shape index (κ1) is 24.1. The standard InChI is InChI=1S/C20H28N6O8/c1-22-7-9-23(10-8-22)13-11-14(34-20(29)12-3-2-6-21-12)18(26(32)33)19(17(13)25(30)31)24-15(27)4-5-16(24)28/h11-12,15-16,21,27-28H,2-10H2,1H3/t12?,15-,16-/m0/s1. The highest BCUT2D eigenvalue weighted by molar-refractivity contribution is 5.91. The number of aliphatic hydroxyl groups excluding tert-OH is 2. The van der Waals surface area contributed by atoms with Crippen LogP contribution in [0.5, 0.6) is 5.75 Å². The number of aliphatic hydroxyl groups is 2. The molecule has 0 saturated carbocycles. The van der Waals surface area contributed by atoms with Crippen molar-refractivity contribution in [1.82, 2.24) is 10.2 Å². The van der Waals surface area contributed by atoms with Gasteiger partial charge in [-0.2, -0.15) is 0 Å². The molecule has 186 valence electrons. The quantitative estimate of drug-likeness (QED) is 0.218. The molecule has 34 heavy (non-hydrogen) atoms. The molecule has 3 aliphatic rings. The van der Waals surface area contributed by atoms with E-state index in [1.165, 1.54) is 0 Å². The van der Waals surface area contributed by atoms with Crippen LogP contribution in [0.25, 0.3) is 0 Å². The summed E-state index contributed by atoms with van der Waals surface area (Å²) in [6.07, 6.45) is -1.39. The Kier molecular flexibility index (Phi) is 6.84. The molecular weight excluding hydrogens is 452 g/mol. The Balaban J connectivity index is 1.91. The highest BCUT2D eigenvalue weighted by Crippen LogP contribution is 2.52. The monoisotopic (exact) mass is 480 g/mol. The van der Waals surface area contributed by atoms with Crippen LogP contribution in [0.1, 0.15) is 25.7 Å². The molecular formula is C20H28N6O8. The van der Waals surface area contributed by atoms with Crippen molar-refractivity contribution < 1.29 is 29.6 Å². The second kappa shape index (κ2) is 9.66. The van der Waals surface area contributed by atoms with Gasteiger partial charge in [0.15, 0.2) is 0 Å². The van der Waals surface area contributed by atoms with Crippen LogP contribution in [0.4, 0.5) is 22.7 Å². The van der Waals surface area contributed by atoms with Gasteiger partial charge in [0.05, 0.1) is 9.85 Å². The minimum absolute atomic E-state index is 0.0344. The molecule has 0 amide bonds. The van der Waals surface area contributed by atoms with Crippen LogP contribution in [-0.2, 0) is 4.79 Å². The topological polar surface area (TPSA) is 175 Å². The van der Waals surface area contributed by atoms with Crippen LogP contribution in [0.3, 0.4) is 0 Å². The number of anilines is 2. The molecule has 0 aromatic heterocycles. The lowest BCUT2D eigenvalue weighted by Gasteiger charge is -2.35. The van der Waals surface area contributed by atoms with Crippen molar-refractivity contribution in [2.75, 3.05) is 49.6 Å². The number of nitrogens with zero attached hydrogens (tertiary/aromatic N) is 5. The SMILES string of the molecule is CN1CCN(c2cc(OC(=O)C3CCCN3)c([N+](=O)[O-])c(N3[C@@H](O)CC[C@@H]3O)c2[N+](=O)[O-])CC1. The number of carbonyl (C=O) groups is 1. The Hall–Kier alpha value is -3.07. The molecule has 3 saturated heterocycles. The number of nitro benzene ring substituents is 2. The summed E-state index contributed by atoms with van der Waals surface area (Å²) in [5.74, 6) is -1.18. The van der Waals surface area contributed by atoms with E-state index in [0.717, 1.165) is 17.4 Å². The average molecular weight is 480 g/mol. The molecule has 0 bridgehead atoms. The number of hydrogen-bond acceptors (Lipinski definition) is 12. The predicted molar refractivity (Wildman–Crippen MR) is 120 cm³/mol. The van der Waals surface area contributed by atoms with Crippen molar-refractivity contribution in [3.05, 3.63) is 26.3 Å². The summed E-state index contributed by atoms with van der Waals surface area (Å²) in [4.78, 5) is 40.2. The first-order valence-electron chi connectivity index (χ1n) is 11.2. The van der Waals surface area contributed by atoms with E-state index in [4.69, 9.17) is 4.74 Å². The third-order valence-corrected chi connectivity index (χ3v) is 6.54. The maximum Gasteiger partial charge on any atom is 0.342 e. The number of esters is 1. The predicted octanol–water partition coefficient (Wildman–Crippen LogP) is 0.149. The second-order valence-electron chi connectivity index (χ2n) is 8.76. The van der Waals surface area contributed by atoms with Gasteiger partial charge in [0.1, 0.15) is 24.2 Å². The molecule has 4 rings (SSSR count). The molecule has 0 radical (unpaired) electrons. The third-order valence-electron chi connectivity index (χ3n) is 6.54. The van der Waals surface area contributed by atoms with Crippen molar-refractivity contribution in [3.8, 4) is 5.75 Å². The minimum Gasteiger partial charge on any atom is -0.418 e. The van der Waals surface area contributed by atoms with Crippen molar-refractivity contribution >= 4 is 28.7 Å². The van der Waals surface area contributed by atoms with Crippen LogP contribution in [0.15, 0.2) is 6.07 Å². The fourth-order valence-corrected chi connectivity index (χ4v) is 4.72. The zero-order valence-electron chi connectivity index (χ0n) is 18.8. The van der Waals surface area contributed by atoms with Crippen LogP contribution in [0, 0.1) is 20.2 Å². The van der Waals surface area contributed by atoms with E-state index >= 15 is 0 Å². The van der Waals surface area contributed by atoms with E-state index < -0.39 is 57.1 Å². The van der Waals surface area contributed by atoms with Gasteiger partial charge in [0, 0.05) is 32.2 Å². The molecule has 3 aliphatic heterocycles. The summed E-state index contributed by atoms with van der Waals surface area (Å²) in [7, 11) is 1.91. The van der Waals surface area contributed by atoms with Crippen molar-refractivity contribution in [2.24, 2.45) is 0 Å². The number of nitro groups is 2. The largest absolute Gasteiger partial charge is 0.418 e. The molecule has 1 aromatic rings. The summed E-state index contributed by atoms with van der Waals surface area (Å²) in [5, 5.41) is 48.4. The fourth-order valence-electron chi connectivity index (χ4n) is 4.72. The summed E-state index contributed by atoms with van der Waals surface area (Å²) in [5.41, 5.74) is -1.98. The van der Waals surface area contributed by atoms with Crippen LogP contribution >= 0.6 is 0 Å². The summed E-state index contributed by atoms with van der Waals surface area (Å²) in [6, 6.07) is 0.514. The maximum atomic E-state index is 12.7. The number of piperazine rings is 1. The number of likely N-dealkylation sites (N-methyl/N-ethyl adjacent to an activating group) is 1. The fraction of sp³-hybridized carbons (Fsp3) is 0.650. The number of nitrogens with one attached hydrogen (secondary N) is 1. The first-order valence-corrected chi connectivity index (χ1v) is 11.2. The van der Waals surface area contributed by atoms with Gasteiger partial charge in [-0.25, -0.2) is 4.79 Å². The van der Waals surface area contributed by atoms with E-state index in [1.807, 2.05) is 11.9 Å². The van der Waals surface area contributed by atoms with E-state index in [2.05, 4.69) is 5.32 Å². The van der Waals surface area contributed by atoms with Gasteiger partial charge in [-0.05, 0) is 39.3 Å². The number of carbonyl (C=O) groups excluding carboxylic acids is 1. The Morgan fingerprint density at radius 2 is 1.68 bits per heavy atom. The number of hydrogen-bond donors (Lipinski definition) is 3.